The number of carbonyl (C=O) groups excluding carboxylic acids is 1. The van der Waals surface area contributed by atoms with Crippen molar-refractivity contribution in [1.29, 1.82) is 0 Å². The quantitative estimate of drug-likeness (QED) is 0.297. The lowest BCUT2D eigenvalue weighted by Crippen LogP contribution is -2.07. The Morgan fingerprint density at radius 2 is 2.04 bits per heavy atom. The molecule has 0 saturated carbocycles. The van der Waals surface area contributed by atoms with E-state index in [0.717, 1.165) is 41.4 Å². The van der Waals surface area contributed by atoms with E-state index in [2.05, 4.69) is 21.6 Å². The summed E-state index contributed by atoms with van der Waals surface area (Å²) >= 11 is 0. The Kier molecular flexibility index (Phi) is 5.86. The summed E-state index contributed by atoms with van der Waals surface area (Å²) in [6.07, 6.45) is 6.19. The Hall–Kier alpha value is -3.15. The topological polar surface area (TPSA) is 76.7 Å². The van der Waals surface area contributed by atoms with Crippen molar-refractivity contribution in [3.63, 3.8) is 0 Å². The van der Waals surface area contributed by atoms with Crippen LogP contribution in [0.2, 0.25) is 0 Å². The lowest BCUT2D eigenvalue weighted by atomic mass is 9.99. The summed E-state index contributed by atoms with van der Waals surface area (Å²) in [5, 5.41) is 13.8. The monoisotopic (exact) mass is 365 g/mol. The molecule has 3 rings (SSSR count). The minimum Gasteiger partial charge on any atom is -0.465 e. The van der Waals surface area contributed by atoms with Gasteiger partial charge in [-0.15, -0.1) is 0 Å². The van der Waals surface area contributed by atoms with Crippen LogP contribution in [0, 0.1) is 0 Å². The molecule has 0 atom stereocenters. The minimum atomic E-state index is -0.342. The number of methoxy groups -OCH3 is 1. The lowest BCUT2D eigenvalue weighted by molar-refractivity contribution is 0.0603. The van der Waals surface area contributed by atoms with Gasteiger partial charge >= 0.3 is 5.97 Å². The molecule has 2 aromatic carbocycles. The van der Waals surface area contributed by atoms with Gasteiger partial charge in [-0.1, -0.05) is 48.8 Å². The number of aryl methyl sites for hydroxylation is 1. The van der Waals surface area contributed by atoms with E-state index in [9.17, 15) is 4.79 Å². The van der Waals surface area contributed by atoms with Gasteiger partial charge in [0.05, 0.1) is 18.9 Å². The maximum absolute atomic E-state index is 12.1. The molecule has 0 aliphatic rings. The predicted octanol–water partition coefficient (Wildman–Crippen LogP) is 4.02. The molecule has 27 heavy (non-hydrogen) atoms. The molecule has 0 bridgehead atoms. The standard InChI is InChI=1S/C21H23N3O3/c1-3-4-9-20-23-16(12-22-26)14-24(20)13-15-10-11-19(21(25)27-2)18-8-6-5-7-17(15)18/h5-8,10-12,14,26H,3-4,9,13H2,1-2H3/b22-12-. The average Bonchev–Trinajstić information content (AvgIpc) is 3.07. The second-order valence-corrected chi connectivity index (χ2v) is 6.37. The first-order chi connectivity index (χ1) is 13.2. The molecular formula is C21H23N3O3. The third-order valence-electron chi connectivity index (χ3n) is 4.58. The number of aromatic nitrogens is 2. The van der Waals surface area contributed by atoms with Crippen molar-refractivity contribution in [3.05, 3.63) is 65.2 Å². The molecule has 1 heterocycles. The molecule has 0 saturated heterocycles. The molecule has 0 unspecified atom stereocenters. The van der Waals surface area contributed by atoms with Crippen LogP contribution in [0.15, 0.2) is 47.8 Å². The molecule has 140 valence electrons. The van der Waals surface area contributed by atoms with Crippen LogP contribution in [-0.4, -0.2) is 34.1 Å². The molecule has 0 fully saturated rings. The molecule has 1 aromatic heterocycles. The molecule has 0 aliphatic heterocycles. The summed E-state index contributed by atoms with van der Waals surface area (Å²) in [5.41, 5.74) is 2.27. The van der Waals surface area contributed by atoms with Gasteiger partial charge < -0.3 is 14.5 Å². The van der Waals surface area contributed by atoms with Gasteiger partial charge in [-0.3, -0.25) is 0 Å². The highest BCUT2D eigenvalue weighted by atomic mass is 16.5. The van der Waals surface area contributed by atoms with E-state index in [1.165, 1.54) is 13.3 Å². The Morgan fingerprint density at radius 3 is 2.74 bits per heavy atom. The third kappa shape index (κ3) is 4.00. The van der Waals surface area contributed by atoms with Crippen LogP contribution >= 0.6 is 0 Å². The Bertz CT molecular complexity index is 976. The maximum Gasteiger partial charge on any atom is 0.338 e. The van der Waals surface area contributed by atoms with E-state index in [1.807, 2.05) is 42.6 Å². The van der Waals surface area contributed by atoms with Gasteiger partial charge in [-0.05, 0) is 28.8 Å². The first-order valence-corrected chi connectivity index (χ1v) is 9.00. The number of esters is 1. The fraction of sp³-hybridized carbons (Fsp3) is 0.286. The Labute approximate surface area is 158 Å². The van der Waals surface area contributed by atoms with Gasteiger partial charge in [0.15, 0.2) is 0 Å². The SMILES string of the molecule is CCCCc1nc(/C=N\O)cn1Cc1ccc(C(=O)OC)c2ccccc12. The number of hydrogen-bond donors (Lipinski definition) is 1. The van der Waals surface area contributed by atoms with Crippen molar-refractivity contribution in [1.82, 2.24) is 9.55 Å². The number of oxime groups is 1. The highest BCUT2D eigenvalue weighted by Gasteiger charge is 2.14. The zero-order valence-corrected chi connectivity index (χ0v) is 15.6. The van der Waals surface area contributed by atoms with Crippen LogP contribution in [0.25, 0.3) is 10.8 Å². The summed E-state index contributed by atoms with van der Waals surface area (Å²) in [6.45, 7) is 2.76. The number of rotatable bonds is 7. The lowest BCUT2D eigenvalue weighted by Gasteiger charge is -2.12. The van der Waals surface area contributed by atoms with Crippen LogP contribution in [0.3, 0.4) is 0 Å². The van der Waals surface area contributed by atoms with E-state index in [-0.39, 0.29) is 5.97 Å². The molecular weight excluding hydrogens is 342 g/mol. The number of benzene rings is 2. The highest BCUT2D eigenvalue weighted by Crippen LogP contribution is 2.25. The van der Waals surface area contributed by atoms with Crippen molar-refractivity contribution in [2.75, 3.05) is 7.11 Å². The number of imidazole rings is 1. The summed E-state index contributed by atoms with van der Waals surface area (Å²) in [4.78, 5) is 16.6. The number of nitrogens with zero attached hydrogens (tertiary/aromatic N) is 3. The van der Waals surface area contributed by atoms with E-state index < -0.39 is 0 Å². The van der Waals surface area contributed by atoms with Crippen molar-refractivity contribution in [2.45, 2.75) is 32.7 Å². The van der Waals surface area contributed by atoms with Crippen LogP contribution in [0.5, 0.6) is 0 Å². The maximum atomic E-state index is 12.1. The molecule has 6 heteroatoms. The minimum absolute atomic E-state index is 0.342. The van der Waals surface area contributed by atoms with Gasteiger partial charge in [-0.25, -0.2) is 9.78 Å². The predicted molar refractivity (Wildman–Crippen MR) is 105 cm³/mol. The van der Waals surface area contributed by atoms with Gasteiger partial charge in [0.1, 0.15) is 11.5 Å². The number of carbonyl (C=O) groups is 1. The Balaban J connectivity index is 2.03. The number of ether oxygens (including phenoxy) is 1. The number of unbranched alkanes of at least 4 members (excludes halogenated alkanes) is 1. The largest absolute Gasteiger partial charge is 0.465 e. The van der Waals surface area contributed by atoms with E-state index in [4.69, 9.17) is 9.94 Å². The second-order valence-electron chi connectivity index (χ2n) is 6.37. The van der Waals surface area contributed by atoms with Gasteiger partial charge in [0.25, 0.3) is 0 Å². The third-order valence-corrected chi connectivity index (χ3v) is 4.58. The fourth-order valence-corrected chi connectivity index (χ4v) is 3.24. The first-order valence-electron chi connectivity index (χ1n) is 9.00. The fourth-order valence-electron chi connectivity index (χ4n) is 3.24. The molecule has 0 radical (unpaired) electrons. The molecule has 0 amide bonds. The molecule has 6 nitrogen and oxygen atoms in total. The van der Waals surface area contributed by atoms with E-state index in [0.29, 0.717) is 17.8 Å². The molecule has 1 N–H and O–H groups in total. The number of fused-ring (bicyclic) bond motifs is 1. The van der Waals surface area contributed by atoms with Crippen molar-refractivity contribution < 1.29 is 14.7 Å². The first kappa shape index (κ1) is 18.6. The van der Waals surface area contributed by atoms with Gasteiger partial charge in [-0.2, -0.15) is 0 Å². The Morgan fingerprint density at radius 1 is 1.26 bits per heavy atom. The van der Waals surface area contributed by atoms with Gasteiger partial charge in [0, 0.05) is 19.2 Å². The zero-order chi connectivity index (χ0) is 19.2. The highest BCUT2D eigenvalue weighted by molar-refractivity contribution is 6.05. The second kappa shape index (κ2) is 8.49. The van der Waals surface area contributed by atoms with E-state index >= 15 is 0 Å². The van der Waals surface area contributed by atoms with Crippen LogP contribution in [-0.2, 0) is 17.7 Å². The average molecular weight is 365 g/mol. The van der Waals surface area contributed by atoms with Crippen LogP contribution < -0.4 is 0 Å². The van der Waals surface area contributed by atoms with Gasteiger partial charge in [0.2, 0.25) is 0 Å². The normalized spacial score (nSPS) is 11.3. The summed E-state index contributed by atoms with van der Waals surface area (Å²) < 4.78 is 6.98. The smallest absolute Gasteiger partial charge is 0.338 e. The molecule has 3 aromatic rings. The molecule has 0 aliphatic carbocycles. The van der Waals surface area contributed by atoms with Crippen LogP contribution in [0.1, 0.15) is 47.2 Å². The van der Waals surface area contributed by atoms with Crippen LogP contribution in [0.4, 0.5) is 0 Å². The number of hydrogen-bond acceptors (Lipinski definition) is 5. The molecule has 0 spiro atoms. The van der Waals surface area contributed by atoms with Crippen molar-refractivity contribution in [2.24, 2.45) is 5.16 Å². The van der Waals surface area contributed by atoms with Crippen molar-refractivity contribution >= 4 is 23.0 Å². The zero-order valence-electron chi connectivity index (χ0n) is 15.6. The summed E-state index contributed by atoms with van der Waals surface area (Å²) in [6, 6.07) is 11.6. The van der Waals surface area contributed by atoms with E-state index in [1.54, 1.807) is 0 Å². The summed E-state index contributed by atoms with van der Waals surface area (Å²) in [5.74, 6) is 0.610. The van der Waals surface area contributed by atoms with Crippen molar-refractivity contribution in [3.8, 4) is 0 Å². The summed E-state index contributed by atoms with van der Waals surface area (Å²) in [7, 11) is 1.39.